The molecule has 7 heteroatoms. The van der Waals surface area contributed by atoms with Crippen LogP contribution < -0.4 is 15.4 Å². The number of ether oxygens (including phenoxy) is 1. The van der Waals surface area contributed by atoms with Crippen molar-refractivity contribution in [2.24, 2.45) is 17.3 Å². The maximum absolute atomic E-state index is 12.3. The van der Waals surface area contributed by atoms with Crippen LogP contribution in [0.15, 0.2) is 24.3 Å². The molecule has 2 aliphatic rings. The molecule has 0 unspecified atom stereocenters. The molecule has 0 heterocycles. The van der Waals surface area contributed by atoms with Crippen molar-refractivity contribution in [3.05, 3.63) is 24.3 Å². The van der Waals surface area contributed by atoms with E-state index in [0.717, 1.165) is 12.8 Å². The predicted molar refractivity (Wildman–Crippen MR) is 90.1 cm³/mol. The van der Waals surface area contributed by atoms with Gasteiger partial charge < -0.3 is 20.5 Å². The van der Waals surface area contributed by atoms with Crippen LogP contribution in [0.4, 0.5) is 5.69 Å². The SMILES string of the molecule is CC1(C)[C@H](C(=O)Nc2ccc(OCC(=O)NC3CC3)cc2)[C@@H]1C(=O)O. The molecule has 2 fully saturated rings. The molecule has 1 aromatic rings. The number of nitrogens with one attached hydrogen (secondary N) is 2. The molecule has 2 amide bonds. The maximum Gasteiger partial charge on any atom is 0.307 e. The van der Waals surface area contributed by atoms with Crippen LogP contribution in [-0.4, -0.2) is 35.5 Å². The summed E-state index contributed by atoms with van der Waals surface area (Å²) >= 11 is 0. The minimum Gasteiger partial charge on any atom is -0.484 e. The Kier molecular flexibility index (Phi) is 4.41. The number of carbonyl (C=O) groups is 3. The van der Waals surface area contributed by atoms with E-state index < -0.39 is 23.2 Å². The second kappa shape index (κ2) is 6.38. The van der Waals surface area contributed by atoms with Gasteiger partial charge in [0.25, 0.3) is 5.91 Å². The summed E-state index contributed by atoms with van der Waals surface area (Å²) in [6.07, 6.45) is 2.06. The van der Waals surface area contributed by atoms with E-state index in [4.69, 9.17) is 9.84 Å². The average Bonchev–Trinajstić information content (AvgIpc) is 3.43. The number of hydrogen-bond acceptors (Lipinski definition) is 4. The highest BCUT2D eigenvalue weighted by Gasteiger charge is 2.65. The van der Waals surface area contributed by atoms with Gasteiger partial charge in [0, 0.05) is 11.7 Å². The summed E-state index contributed by atoms with van der Waals surface area (Å²) in [7, 11) is 0. The first kappa shape index (κ1) is 17.3. The van der Waals surface area contributed by atoms with Crippen molar-refractivity contribution < 1.29 is 24.2 Å². The Hall–Kier alpha value is -2.57. The highest BCUT2D eigenvalue weighted by atomic mass is 16.5. The third-order valence-electron chi connectivity index (χ3n) is 4.81. The Balaban J connectivity index is 1.50. The molecule has 3 rings (SSSR count). The summed E-state index contributed by atoms with van der Waals surface area (Å²) in [5.74, 6) is -2.05. The van der Waals surface area contributed by atoms with Gasteiger partial charge >= 0.3 is 5.97 Å². The van der Waals surface area contributed by atoms with Gasteiger partial charge in [-0.2, -0.15) is 0 Å². The van der Waals surface area contributed by atoms with E-state index >= 15 is 0 Å². The summed E-state index contributed by atoms with van der Waals surface area (Å²) in [6.45, 7) is 3.51. The van der Waals surface area contributed by atoms with Crippen LogP contribution in [0.2, 0.25) is 0 Å². The lowest BCUT2D eigenvalue weighted by Crippen LogP contribution is -2.30. The van der Waals surface area contributed by atoms with Gasteiger partial charge in [0.1, 0.15) is 5.75 Å². The number of carboxylic acids is 1. The summed E-state index contributed by atoms with van der Waals surface area (Å²) in [4.78, 5) is 35.0. The van der Waals surface area contributed by atoms with Crippen LogP contribution in [0.5, 0.6) is 5.75 Å². The number of amides is 2. The quantitative estimate of drug-likeness (QED) is 0.696. The number of aliphatic carboxylic acids is 1. The molecule has 3 N–H and O–H groups in total. The fourth-order valence-corrected chi connectivity index (χ4v) is 3.09. The van der Waals surface area contributed by atoms with E-state index in [1.807, 2.05) is 0 Å². The van der Waals surface area contributed by atoms with Crippen molar-refractivity contribution in [1.29, 1.82) is 0 Å². The van der Waals surface area contributed by atoms with E-state index in [2.05, 4.69) is 10.6 Å². The van der Waals surface area contributed by atoms with Gasteiger partial charge in [0.05, 0.1) is 11.8 Å². The lowest BCUT2D eigenvalue weighted by atomic mass is 10.1. The van der Waals surface area contributed by atoms with Crippen molar-refractivity contribution >= 4 is 23.5 Å². The van der Waals surface area contributed by atoms with Crippen LogP contribution in [-0.2, 0) is 14.4 Å². The Labute approximate surface area is 145 Å². The average molecular weight is 346 g/mol. The standard InChI is InChI=1S/C18H22N2O5/c1-18(2)14(15(18)17(23)24)16(22)20-11-5-7-12(8-6-11)25-9-13(21)19-10-3-4-10/h5-8,10,14-15H,3-4,9H2,1-2H3,(H,19,21)(H,20,22)(H,23,24)/t14-,15+/m0/s1. The first-order chi connectivity index (χ1) is 11.8. The number of carbonyl (C=O) groups excluding carboxylic acids is 2. The van der Waals surface area contributed by atoms with E-state index in [9.17, 15) is 14.4 Å². The molecular weight excluding hydrogens is 324 g/mol. The molecule has 1 aromatic carbocycles. The fourth-order valence-electron chi connectivity index (χ4n) is 3.09. The van der Waals surface area contributed by atoms with Gasteiger partial charge in [-0.1, -0.05) is 13.8 Å². The maximum atomic E-state index is 12.3. The van der Waals surface area contributed by atoms with E-state index in [1.54, 1.807) is 38.1 Å². The first-order valence-electron chi connectivity index (χ1n) is 8.35. The zero-order valence-electron chi connectivity index (χ0n) is 14.2. The summed E-state index contributed by atoms with van der Waals surface area (Å²) in [6, 6.07) is 6.95. The highest BCUT2D eigenvalue weighted by molar-refractivity contribution is 5.99. The minimum atomic E-state index is -0.946. The molecule has 7 nitrogen and oxygen atoms in total. The summed E-state index contributed by atoms with van der Waals surface area (Å²) in [5.41, 5.74) is 0.0278. The van der Waals surface area contributed by atoms with Gasteiger partial charge in [-0.25, -0.2) is 0 Å². The van der Waals surface area contributed by atoms with Crippen LogP contribution in [0.3, 0.4) is 0 Å². The second-order valence-electron chi connectivity index (χ2n) is 7.26. The molecule has 0 radical (unpaired) electrons. The molecule has 0 bridgehead atoms. The normalized spacial score (nSPS) is 23.4. The lowest BCUT2D eigenvalue weighted by molar-refractivity contribution is -0.140. The predicted octanol–water partition coefficient (Wildman–Crippen LogP) is 1.64. The number of carboxylic acid groups (broad SMARTS) is 1. The zero-order valence-corrected chi connectivity index (χ0v) is 14.2. The summed E-state index contributed by atoms with van der Waals surface area (Å²) < 4.78 is 5.40. The molecule has 2 aliphatic carbocycles. The largest absolute Gasteiger partial charge is 0.484 e. The van der Waals surface area contributed by atoms with Gasteiger partial charge in [-0.15, -0.1) is 0 Å². The Bertz CT molecular complexity index is 694. The van der Waals surface area contributed by atoms with Gasteiger partial charge in [-0.05, 0) is 42.5 Å². The Morgan fingerprint density at radius 1 is 1.16 bits per heavy atom. The number of hydrogen-bond donors (Lipinski definition) is 3. The van der Waals surface area contributed by atoms with Gasteiger partial charge in [0.2, 0.25) is 5.91 Å². The molecule has 0 aliphatic heterocycles. The molecular formula is C18H22N2O5. The number of benzene rings is 1. The van der Waals surface area contributed by atoms with E-state index in [1.165, 1.54) is 0 Å². The molecule has 2 atom stereocenters. The van der Waals surface area contributed by atoms with Gasteiger partial charge in [0.15, 0.2) is 6.61 Å². The van der Waals surface area contributed by atoms with Gasteiger partial charge in [-0.3, -0.25) is 14.4 Å². The third kappa shape index (κ3) is 3.92. The summed E-state index contributed by atoms with van der Waals surface area (Å²) in [5, 5.41) is 14.7. The highest BCUT2D eigenvalue weighted by Crippen LogP contribution is 2.58. The van der Waals surface area contributed by atoms with E-state index in [0.29, 0.717) is 17.5 Å². The fraction of sp³-hybridized carbons (Fsp3) is 0.500. The molecule has 0 spiro atoms. The van der Waals surface area contributed by atoms with Crippen molar-refractivity contribution in [3.63, 3.8) is 0 Å². The smallest absolute Gasteiger partial charge is 0.307 e. The van der Waals surface area contributed by atoms with E-state index in [-0.39, 0.29) is 18.4 Å². The molecule has 134 valence electrons. The van der Waals surface area contributed by atoms with Crippen molar-refractivity contribution in [3.8, 4) is 5.75 Å². The van der Waals surface area contributed by atoms with Crippen molar-refractivity contribution in [2.75, 3.05) is 11.9 Å². The Morgan fingerprint density at radius 2 is 1.80 bits per heavy atom. The van der Waals surface area contributed by atoms with Crippen LogP contribution in [0.25, 0.3) is 0 Å². The zero-order chi connectivity index (χ0) is 18.2. The number of anilines is 1. The third-order valence-corrected chi connectivity index (χ3v) is 4.81. The number of rotatable bonds is 7. The van der Waals surface area contributed by atoms with Crippen LogP contribution >= 0.6 is 0 Å². The second-order valence-corrected chi connectivity index (χ2v) is 7.26. The van der Waals surface area contributed by atoms with Crippen molar-refractivity contribution in [2.45, 2.75) is 32.7 Å². The Morgan fingerprint density at radius 3 is 2.32 bits per heavy atom. The minimum absolute atomic E-state index is 0.0429. The monoisotopic (exact) mass is 346 g/mol. The molecule has 25 heavy (non-hydrogen) atoms. The molecule has 0 saturated heterocycles. The first-order valence-corrected chi connectivity index (χ1v) is 8.35. The van der Waals surface area contributed by atoms with Crippen LogP contribution in [0, 0.1) is 17.3 Å². The van der Waals surface area contributed by atoms with Crippen molar-refractivity contribution in [1.82, 2.24) is 5.32 Å². The molecule has 2 saturated carbocycles. The van der Waals surface area contributed by atoms with Crippen LogP contribution in [0.1, 0.15) is 26.7 Å². The topological polar surface area (TPSA) is 105 Å². The lowest BCUT2D eigenvalue weighted by Gasteiger charge is -2.09. The molecule has 0 aromatic heterocycles.